The Morgan fingerprint density at radius 3 is 2.60 bits per heavy atom. The normalized spacial score (nSPS) is 11.6. The summed E-state index contributed by atoms with van der Waals surface area (Å²) in [5.74, 6) is 0.511. The molecule has 0 aliphatic rings. The Labute approximate surface area is 153 Å². The van der Waals surface area contributed by atoms with Crippen LogP contribution in [0, 0.1) is 6.92 Å². The third-order valence-electron chi connectivity index (χ3n) is 3.57. The Kier molecular flexibility index (Phi) is 6.24. The van der Waals surface area contributed by atoms with Crippen molar-refractivity contribution in [2.75, 3.05) is 6.54 Å². The van der Waals surface area contributed by atoms with Gasteiger partial charge in [-0.05, 0) is 54.7 Å². The van der Waals surface area contributed by atoms with Crippen LogP contribution in [0.5, 0.6) is 5.75 Å². The zero-order valence-electron chi connectivity index (χ0n) is 14.8. The molecule has 2 rings (SSSR count). The van der Waals surface area contributed by atoms with Crippen LogP contribution in [-0.2, 0) is 21.3 Å². The van der Waals surface area contributed by atoms with Crippen molar-refractivity contribution in [3.63, 3.8) is 0 Å². The molecular weight excluding hydrogens is 358 g/mol. The lowest BCUT2D eigenvalue weighted by atomic mass is 10.0. The van der Waals surface area contributed by atoms with Crippen LogP contribution in [0.25, 0.3) is 0 Å². The molecule has 0 aliphatic heterocycles. The van der Waals surface area contributed by atoms with Gasteiger partial charge in [0.05, 0.1) is 0 Å². The van der Waals surface area contributed by atoms with E-state index < -0.39 is 10.1 Å². The van der Waals surface area contributed by atoms with Gasteiger partial charge in [-0.25, -0.2) is 0 Å². The summed E-state index contributed by atoms with van der Waals surface area (Å²) in [4.78, 5) is 11.8. The summed E-state index contributed by atoms with van der Waals surface area (Å²) >= 11 is 1.16. The molecule has 0 unspecified atom stereocenters. The van der Waals surface area contributed by atoms with E-state index >= 15 is 0 Å². The van der Waals surface area contributed by atoms with Crippen molar-refractivity contribution in [3.8, 4) is 5.75 Å². The Morgan fingerprint density at radius 2 is 1.96 bits per heavy atom. The second kappa shape index (κ2) is 8.01. The number of carbonyl (C=O) groups is 1. The second-order valence-corrected chi connectivity index (χ2v) is 9.17. The van der Waals surface area contributed by atoms with E-state index in [0.717, 1.165) is 27.3 Å². The van der Waals surface area contributed by atoms with Crippen LogP contribution in [0.4, 0.5) is 0 Å². The monoisotopic (exact) mass is 381 g/mol. The molecule has 1 N–H and O–H groups in total. The van der Waals surface area contributed by atoms with Crippen LogP contribution in [0.2, 0.25) is 0 Å². The standard InChI is InChI=1S/C18H23NO4S2/c1-12(2)15-9-13(3)10-16(11-15)23-25(21,22)18-6-5-17(24-18)7-8-19-14(4)20/h5-6,9-12H,7-8H2,1-4H3,(H,19,20). The molecule has 1 aromatic carbocycles. The second-order valence-electron chi connectivity index (χ2n) is 6.23. The van der Waals surface area contributed by atoms with E-state index in [4.69, 9.17) is 4.18 Å². The lowest BCUT2D eigenvalue weighted by Gasteiger charge is -2.11. The van der Waals surface area contributed by atoms with E-state index in [9.17, 15) is 13.2 Å². The first kappa shape index (κ1) is 19.5. The molecule has 0 bridgehead atoms. The fourth-order valence-electron chi connectivity index (χ4n) is 2.31. The third kappa shape index (κ3) is 5.57. The molecule has 2 aromatic rings. The van der Waals surface area contributed by atoms with Crippen molar-refractivity contribution >= 4 is 27.4 Å². The quantitative estimate of drug-likeness (QED) is 0.744. The summed E-state index contributed by atoms with van der Waals surface area (Å²) in [5, 5.41) is 2.69. The Hall–Kier alpha value is -1.86. The van der Waals surface area contributed by atoms with Crippen LogP contribution in [0.3, 0.4) is 0 Å². The highest BCUT2D eigenvalue weighted by Gasteiger charge is 2.20. The van der Waals surface area contributed by atoms with Gasteiger partial charge in [0, 0.05) is 18.3 Å². The van der Waals surface area contributed by atoms with Gasteiger partial charge in [0.1, 0.15) is 5.75 Å². The summed E-state index contributed by atoms with van der Waals surface area (Å²) in [6, 6.07) is 8.80. The van der Waals surface area contributed by atoms with Gasteiger partial charge in [-0.1, -0.05) is 19.9 Å². The largest absolute Gasteiger partial charge is 0.378 e. The summed E-state index contributed by atoms with van der Waals surface area (Å²) < 4.78 is 30.5. The molecule has 1 amide bonds. The predicted octanol–water partition coefficient (Wildman–Crippen LogP) is 3.63. The van der Waals surface area contributed by atoms with Gasteiger partial charge in [-0.2, -0.15) is 8.42 Å². The van der Waals surface area contributed by atoms with E-state index in [2.05, 4.69) is 5.32 Å². The average molecular weight is 382 g/mol. The minimum atomic E-state index is -3.86. The van der Waals surface area contributed by atoms with Crippen LogP contribution < -0.4 is 9.50 Å². The molecule has 5 nitrogen and oxygen atoms in total. The van der Waals surface area contributed by atoms with Gasteiger partial charge in [-0.3, -0.25) is 4.79 Å². The van der Waals surface area contributed by atoms with Crippen LogP contribution in [-0.4, -0.2) is 20.9 Å². The molecule has 0 radical (unpaired) electrons. The third-order valence-corrected chi connectivity index (χ3v) is 6.42. The van der Waals surface area contributed by atoms with E-state index in [1.165, 1.54) is 6.92 Å². The maximum atomic E-state index is 12.5. The molecule has 0 spiro atoms. The number of thiophene rings is 1. The fraction of sp³-hybridized carbons (Fsp3) is 0.389. The van der Waals surface area contributed by atoms with Gasteiger partial charge >= 0.3 is 10.1 Å². The first-order valence-electron chi connectivity index (χ1n) is 8.06. The fourth-order valence-corrected chi connectivity index (χ4v) is 4.55. The summed E-state index contributed by atoms with van der Waals surface area (Å²) in [7, 11) is -3.86. The Morgan fingerprint density at radius 1 is 1.24 bits per heavy atom. The van der Waals surface area contributed by atoms with Gasteiger partial charge in [0.25, 0.3) is 0 Å². The highest BCUT2D eigenvalue weighted by atomic mass is 32.3. The SMILES string of the molecule is CC(=O)NCCc1ccc(S(=O)(=O)Oc2cc(C)cc(C(C)C)c2)s1. The lowest BCUT2D eigenvalue weighted by molar-refractivity contribution is -0.118. The maximum absolute atomic E-state index is 12.5. The molecule has 0 atom stereocenters. The number of rotatable bonds is 7. The van der Waals surface area contributed by atoms with Crippen molar-refractivity contribution < 1.29 is 17.4 Å². The average Bonchev–Trinajstić information content (AvgIpc) is 2.95. The first-order valence-corrected chi connectivity index (χ1v) is 10.3. The molecule has 25 heavy (non-hydrogen) atoms. The van der Waals surface area contributed by atoms with Crippen LogP contribution >= 0.6 is 11.3 Å². The topological polar surface area (TPSA) is 72.5 Å². The van der Waals surface area contributed by atoms with E-state index in [1.807, 2.05) is 26.8 Å². The molecule has 0 aliphatic carbocycles. The highest BCUT2D eigenvalue weighted by molar-refractivity contribution is 7.89. The first-order chi connectivity index (χ1) is 11.7. The highest BCUT2D eigenvalue weighted by Crippen LogP contribution is 2.28. The summed E-state index contributed by atoms with van der Waals surface area (Å²) in [6.45, 7) is 7.94. The summed E-state index contributed by atoms with van der Waals surface area (Å²) in [5.41, 5.74) is 1.99. The van der Waals surface area contributed by atoms with Crippen LogP contribution in [0.1, 0.15) is 42.7 Å². The van der Waals surface area contributed by atoms with Crippen molar-refractivity contribution in [3.05, 3.63) is 46.3 Å². The number of benzene rings is 1. The number of aryl methyl sites for hydroxylation is 1. The van der Waals surface area contributed by atoms with Crippen molar-refractivity contribution in [2.24, 2.45) is 0 Å². The molecule has 0 saturated carbocycles. The molecule has 0 saturated heterocycles. The van der Waals surface area contributed by atoms with Gasteiger partial charge < -0.3 is 9.50 Å². The molecule has 0 fully saturated rings. The van der Waals surface area contributed by atoms with Crippen LogP contribution in [0.15, 0.2) is 34.5 Å². The number of hydrogen-bond acceptors (Lipinski definition) is 5. The molecule has 1 heterocycles. The predicted molar refractivity (Wildman–Crippen MR) is 99.8 cm³/mol. The number of hydrogen-bond donors (Lipinski definition) is 1. The van der Waals surface area contributed by atoms with Crippen molar-refractivity contribution in [1.29, 1.82) is 0 Å². The molecular formula is C18H23NO4S2. The molecule has 136 valence electrons. The zero-order chi connectivity index (χ0) is 18.6. The van der Waals surface area contributed by atoms with E-state index in [-0.39, 0.29) is 16.0 Å². The summed E-state index contributed by atoms with van der Waals surface area (Å²) in [6.07, 6.45) is 0.585. The Bertz CT molecular complexity index is 854. The van der Waals surface area contributed by atoms with Gasteiger partial charge in [0.15, 0.2) is 4.21 Å². The van der Waals surface area contributed by atoms with Gasteiger partial charge in [-0.15, -0.1) is 11.3 Å². The molecule has 7 heteroatoms. The number of nitrogens with one attached hydrogen (secondary N) is 1. The Balaban J connectivity index is 2.14. The van der Waals surface area contributed by atoms with Crippen molar-refractivity contribution in [1.82, 2.24) is 5.32 Å². The number of amides is 1. The molecule has 1 aromatic heterocycles. The van der Waals surface area contributed by atoms with E-state index in [0.29, 0.717) is 18.7 Å². The minimum absolute atomic E-state index is 0.104. The minimum Gasteiger partial charge on any atom is -0.378 e. The van der Waals surface area contributed by atoms with Crippen molar-refractivity contribution in [2.45, 2.75) is 44.2 Å². The van der Waals surface area contributed by atoms with Gasteiger partial charge in [0.2, 0.25) is 5.91 Å². The smallest absolute Gasteiger partial charge is 0.348 e. The van der Waals surface area contributed by atoms with E-state index in [1.54, 1.807) is 24.3 Å². The zero-order valence-corrected chi connectivity index (χ0v) is 16.5. The maximum Gasteiger partial charge on any atom is 0.348 e. The lowest BCUT2D eigenvalue weighted by Crippen LogP contribution is -2.22. The number of carbonyl (C=O) groups excluding carboxylic acids is 1.